The molecular weight excluding hydrogens is 580 g/mol. The van der Waals surface area contributed by atoms with Gasteiger partial charge in [0, 0.05) is 11.4 Å². The molecule has 0 aromatic heterocycles. The zero-order valence-electron chi connectivity index (χ0n) is 22.2. The molecule has 3 rings (SSSR count). The van der Waals surface area contributed by atoms with Crippen molar-refractivity contribution < 1.29 is 28.6 Å². The van der Waals surface area contributed by atoms with E-state index in [1.165, 1.54) is 13.3 Å². The van der Waals surface area contributed by atoms with Gasteiger partial charge in [0.05, 0.1) is 17.8 Å². The summed E-state index contributed by atoms with van der Waals surface area (Å²) in [5.74, 6) is -0.921. The Kier molecular flexibility index (Phi) is 10.8. The van der Waals surface area contributed by atoms with E-state index < -0.39 is 11.8 Å². The van der Waals surface area contributed by atoms with Crippen molar-refractivity contribution in [2.45, 2.75) is 13.8 Å². The highest BCUT2D eigenvalue weighted by molar-refractivity contribution is 9.10. The summed E-state index contributed by atoms with van der Waals surface area (Å²) in [4.78, 5) is 36.7. The van der Waals surface area contributed by atoms with Gasteiger partial charge >= 0.3 is 11.8 Å². The predicted molar refractivity (Wildman–Crippen MR) is 157 cm³/mol. The Morgan fingerprint density at radius 1 is 0.925 bits per heavy atom. The maximum atomic E-state index is 12.4. The van der Waals surface area contributed by atoms with Crippen LogP contribution in [0.1, 0.15) is 16.7 Å². The smallest absolute Gasteiger partial charge is 0.329 e. The molecule has 0 aliphatic carbocycles. The minimum absolute atomic E-state index is 0.245. The van der Waals surface area contributed by atoms with Gasteiger partial charge in [-0.2, -0.15) is 5.10 Å². The Bertz CT molecular complexity index is 1400. The molecule has 0 saturated carbocycles. The Hall–Kier alpha value is -4.64. The van der Waals surface area contributed by atoms with Gasteiger partial charge in [0.2, 0.25) is 0 Å². The number of carbonyl (C=O) groups excluding carboxylic acids is 3. The van der Waals surface area contributed by atoms with Crippen LogP contribution in [-0.2, 0) is 14.4 Å². The van der Waals surface area contributed by atoms with Gasteiger partial charge in [0.1, 0.15) is 12.4 Å². The largest absolute Gasteiger partial charge is 0.493 e. The van der Waals surface area contributed by atoms with Gasteiger partial charge in [0.15, 0.2) is 18.1 Å². The van der Waals surface area contributed by atoms with Gasteiger partial charge in [-0.25, -0.2) is 5.43 Å². The van der Waals surface area contributed by atoms with Crippen LogP contribution in [0.4, 0.5) is 11.4 Å². The van der Waals surface area contributed by atoms with Crippen LogP contribution in [0.5, 0.6) is 17.2 Å². The number of methoxy groups -OCH3 is 1. The van der Waals surface area contributed by atoms with E-state index in [2.05, 4.69) is 43.7 Å². The highest BCUT2D eigenvalue weighted by atomic mass is 79.9. The second-order valence-electron chi connectivity index (χ2n) is 8.52. The molecule has 3 aromatic carbocycles. The molecule has 0 heterocycles. The lowest BCUT2D eigenvalue weighted by atomic mass is 10.1. The van der Waals surface area contributed by atoms with Crippen molar-refractivity contribution in [1.29, 1.82) is 0 Å². The van der Waals surface area contributed by atoms with Crippen LogP contribution in [0.25, 0.3) is 0 Å². The predicted octanol–water partition coefficient (Wildman–Crippen LogP) is 4.75. The van der Waals surface area contributed by atoms with Gasteiger partial charge in [-0.05, 0) is 95.0 Å². The molecule has 3 N–H and O–H groups in total. The Labute approximate surface area is 240 Å². The fourth-order valence-electron chi connectivity index (χ4n) is 3.53. The number of benzene rings is 3. The van der Waals surface area contributed by atoms with Crippen LogP contribution in [-0.4, -0.2) is 44.3 Å². The van der Waals surface area contributed by atoms with Crippen LogP contribution in [0, 0.1) is 13.8 Å². The molecule has 0 aliphatic heterocycles. The van der Waals surface area contributed by atoms with Crippen molar-refractivity contribution >= 4 is 51.2 Å². The molecule has 3 amide bonds. The second kappa shape index (κ2) is 14.5. The van der Waals surface area contributed by atoms with E-state index in [0.29, 0.717) is 45.3 Å². The number of aryl methyl sites for hydroxylation is 2. The monoisotopic (exact) mass is 608 g/mol. The number of amides is 3. The summed E-state index contributed by atoms with van der Waals surface area (Å²) in [6.45, 7) is 7.59. The van der Waals surface area contributed by atoms with Crippen molar-refractivity contribution in [2.24, 2.45) is 5.10 Å². The molecule has 0 spiro atoms. The average molecular weight is 609 g/mol. The lowest BCUT2D eigenvalue weighted by Gasteiger charge is -2.14. The molecule has 10 nitrogen and oxygen atoms in total. The first kappa shape index (κ1) is 29.9. The van der Waals surface area contributed by atoms with E-state index in [1.807, 2.05) is 32.0 Å². The minimum atomic E-state index is -0.955. The standard InChI is InChI=1S/C29H29BrN4O6/c1-5-10-39-23-8-6-21(7-9-23)33-28(36)29(37)34-31-16-20-14-24(30)27(25(15-20)38-4)40-17-26(35)32-22-12-18(2)11-19(3)13-22/h5-9,11-16H,1,10,17H2,2-4H3,(H,32,35)(H,33,36)(H,34,37)/b31-16-. The van der Waals surface area contributed by atoms with E-state index in [-0.39, 0.29) is 12.5 Å². The molecule has 0 unspecified atom stereocenters. The highest BCUT2D eigenvalue weighted by Crippen LogP contribution is 2.36. The molecule has 40 heavy (non-hydrogen) atoms. The number of hydrazone groups is 1. The number of anilines is 2. The summed E-state index contributed by atoms with van der Waals surface area (Å²) in [6, 6.07) is 15.5. The van der Waals surface area contributed by atoms with Gasteiger partial charge in [-0.3, -0.25) is 14.4 Å². The fourth-order valence-corrected chi connectivity index (χ4v) is 4.10. The number of hydrogen-bond acceptors (Lipinski definition) is 7. The third kappa shape index (κ3) is 8.98. The Balaban J connectivity index is 1.55. The molecule has 0 radical (unpaired) electrons. The van der Waals surface area contributed by atoms with Crippen molar-refractivity contribution in [3.63, 3.8) is 0 Å². The summed E-state index contributed by atoms with van der Waals surface area (Å²) in [5, 5.41) is 9.12. The number of carbonyl (C=O) groups is 3. The summed E-state index contributed by atoms with van der Waals surface area (Å²) < 4.78 is 17.0. The van der Waals surface area contributed by atoms with E-state index in [4.69, 9.17) is 14.2 Å². The third-order valence-electron chi connectivity index (χ3n) is 5.17. The van der Waals surface area contributed by atoms with Gasteiger partial charge in [-0.15, -0.1) is 0 Å². The van der Waals surface area contributed by atoms with Crippen molar-refractivity contribution in [1.82, 2.24) is 5.43 Å². The number of hydrogen-bond donors (Lipinski definition) is 3. The topological polar surface area (TPSA) is 127 Å². The molecule has 0 saturated heterocycles. The summed E-state index contributed by atoms with van der Waals surface area (Å²) >= 11 is 3.41. The number of rotatable bonds is 11. The van der Waals surface area contributed by atoms with Crippen molar-refractivity contribution in [2.75, 3.05) is 31.0 Å². The fraction of sp³-hybridized carbons (Fsp3) is 0.172. The normalized spacial score (nSPS) is 10.5. The first-order valence-electron chi connectivity index (χ1n) is 12.0. The lowest BCUT2D eigenvalue weighted by Crippen LogP contribution is -2.32. The first-order chi connectivity index (χ1) is 19.2. The summed E-state index contributed by atoms with van der Waals surface area (Å²) in [7, 11) is 1.45. The van der Waals surface area contributed by atoms with Crippen molar-refractivity contribution in [3.8, 4) is 17.2 Å². The highest BCUT2D eigenvalue weighted by Gasteiger charge is 2.15. The molecule has 0 fully saturated rings. The van der Waals surface area contributed by atoms with Gasteiger partial charge in [-0.1, -0.05) is 18.7 Å². The quantitative estimate of drug-likeness (QED) is 0.125. The zero-order valence-corrected chi connectivity index (χ0v) is 23.8. The molecule has 0 atom stereocenters. The van der Waals surface area contributed by atoms with Crippen molar-refractivity contribution in [3.05, 3.63) is 88.4 Å². The third-order valence-corrected chi connectivity index (χ3v) is 5.76. The second-order valence-corrected chi connectivity index (χ2v) is 9.38. The molecule has 3 aromatic rings. The lowest BCUT2D eigenvalue weighted by molar-refractivity contribution is -0.136. The molecule has 0 bridgehead atoms. The summed E-state index contributed by atoms with van der Waals surface area (Å²) in [5.41, 5.74) is 5.89. The van der Waals surface area contributed by atoms with E-state index in [1.54, 1.807) is 42.5 Å². The van der Waals surface area contributed by atoms with E-state index in [9.17, 15) is 14.4 Å². The van der Waals surface area contributed by atoms with Gasteiger partial charge in [0.25, 0.3) is 5.91 Å². The first-order valence-corrected chi connectivity index (χ1v) is 12.8. The molecule has 11 heteroatoms. The van der Waals surface area contributed by atoms with Crippen LogP contribution >= 0.6 is 15.9 Å². The SMILES string of the molecule is C=CCOc1ccc(NC(=O)C(=O)N/N=C\c2cc(Br)c(OCC(=O)Nc3cc(C)cc(C)c3)c(OC)c2)cc1. The maximum absolute atomic E-state index is 12.4. The minimum Gasteiger partial charge on any atom is -0.493 e. The number of nitrogens with zero attached hydrogens (tertiary/aromatic N) is 1. The number of nitrogens with one attached hydrogen (secondary N) is 3. The summed E-state index contributed by atoms with van der Waals surface area (Å²) in [6.07, 6.45) is 2.95. The zero-order chi connectivity index (χ0) is 29.1. The molecule has 208 valence electrons. The van der Waals surface area contributed by atoms with Crippen LogP contribution in [0.2, 0.25) is 0 Å². The number of halogens is 1. The maximum Gasteiger partial charge on any atom is 0.329 e. The van der Waals surface area contributed by atoms with Crippen LogP contribution in [0.3, 0.4) is 0 Å². The van der Waals surface area contributed by atoms with Gasteiger partial charge < -0.3 is 24.8 Å². The Morgan fingerprint density at radius 3 is 2.27 bits per heavy atom. The van der Waals surface area contributed by atoms with Crippen LogP contribution < -0.4 is 30.3 Å². The molecule has 0 aliphatic rings. The number of ether oxygens (including phenoxy) is 3. The van der Waals surface area contributed by atoms with E-state index >= 15 is 0 Å². The Morgan fingerprint density at radius 2 is 1.62 bits per heavy atom. The average Bonchev–Trinajstić information content (AvgIpc) is 2.91. The van der Waals surface area contributed by atoms with E-state index in [0.717, 1.165) is 11.1 Å². The molecular formula is C29H29BrN4O6. The van der Waals surface area contributed by atoms with Crippen LogP contribution in [0.15, 0.2) is 76.8 Å².